The highest BCUT2D eigenvalue weighted by molar-refractivity contribution is 7.23. The van der Waals surface area contributed by atoms with Crippen molar-refractivity contribution in [1.29, 1.82) is 0 Å². The number of aryl methyl sites for hydroxylation is 2. The number of benzene rings is 1. The van der Waals surface area contributed by atoms with E-state index in [2.05, 4.69) is 67.3 Å². The Labute approximate surface area is 129 Å². The smallest absolute Gasteiger partial charge is 0.227 e. The number of nitrogens with zero attached hydrogens (tertiary/aromatic N) is 2. The lowest BCUT2D eigenvalue weighted by Gasteiger charge is -2.08. The molecule has 3 nitrogen and oxygen atoms in total. The maximum Gasteiger partial charge on any atom is 0.227 e. The summed E-state index contributed by atoms with van der Waals surface area (Å²) in [5.41, 5.74) is 4.42. The number of thiophene rings is 1. The second kappa shape index (κ2) is 5.70. The summed E-state index contributed by atoms with van der Waals surface area (Å²) < 4.78 is 1.28. The molecule has 0 aliphatic heterocycles. The van der Waals surface area contributed by atoms with Gasteiger partial charge in [-0.25, -0.2) is 9.97 Å². The summed E-state index contributed by atoms with van der Waals surface area (Å²) in [7, 11) is 2.10. The third-order valence-electron chi connectivity index (χ3n) is 3.13. The number of anilines is 2. The van der Waals surface area contributed by atoms with Gasteiger partial charge in [-0.1, -0.05) is 12.1 Å². The van der Waals surface area contributed by atoms with Crippen LogP contribution in [0.2, 0.25) is 0 Å². The summed E-state index contributed by atoms with van der Waals surface area (Å²) in [6, 6.07) is 12.5. The third kappa shape index (κ3) is 3.31. The molecule has 0 saturated heterocycles. The standard InChI is InChI=1S/C16H16BN3S/c1-10-7-11(2)9-12(8-10)19-16-18-6-5-13(20-16)14-3-4-15(17)21-14/h3-9H,17H2,1-2H3,(H,18,19,20). The molecule has 0 saturated carbocycles. The van der Waals surface area contributed by atoms with Gasteiger partial charge in [-0.15, -0.1) is 11.3 Å². The molecule has 3 rings (SSSR count). The van der Waals surface area contributed by atoms with Gasteiger partial charge in [0.15, 0.2) is 7.85 Å². The monoisotopic (exact) mass is 293 g/mol. The van der Waals surface area contributed by atoms with E-state index in [1.807, 2.05) is 6.07 Å². The first-order valence-corrected chi connectivity index (χ1v) is 7.67. The summed E-state index contributed by atoms with van der Waals surface area (Å²) in [6.45, 7) is 4.17. The topological polar surface area (TPSA) is 37.8 Å². The largest absolute Gasteiger partial charge is 0.324 e. The molecule has 1 N–H and O–H groups in total. The normalized spacial score (nSPS) is 10.6. The molecule has 0 bridgehead atoms. The molecule has 104 valence electrons. The van der Waals surface area contributed by atoms with Gasteiger partial charge in [0.05, 0.1) is 10.6 Å². The highest BCUT2D eigenvalue weighted by atomic mass is 32.1. The number of aromatic nitrogens is 2. The zero-order chi connectivity index (χ0) is 14.8. The molecular formula is C16H16BN3S. The van der Waals surface area contributed by atoms with E-state index < -0.39 is 0 Å². The minimum absolute atomic E-state index is 0.628. The van der Waals surface area contributed by atoms with Crippen molar-refractivity contribution < 1.29 is 0 Å². The predicted octanol–water partition coefficient (Wildman–Crippen LogP) is 2.82. The first-order chi connectivity index (χ1) is 10.1. The van der Waals surface area contributed by atoms with E-state index in [-0.39, 0.29) is 0 Å². The molecule has 2 aromatic heterocycles. The van der Waals surface area contributed by atoms with Crippen LogP contribution in [0.3, 0.4) is 0 Å². The number of hydrogen-bond donors (Lipinski definition) is 1. The Morgan fingerprint density at radius 2 is 1.81 bits per heavy atom. The van der Waals surface area contributed by atoms with E-state index in [1.54, 1.807) is 17.5 Å². The van der Waals surface area contributed by atoms with Crippen LogP contribution in [0.1, 0.15) is 11.1 Å². The fraction of sp³-hybridized carbons (Fsp3) is 0.125. The van der Waals surface area contributed by atoms with Gasteiger partial charge in [0, 0.05) is 11.9 Å². The maximum atomic E-state index is 4.60. The van der Waals surface area contributed by atoms with Crippen molar-refractivity contribution in [2.75, 3.05) is 5.32 Å². The van der Waals surface area contributed by atoms with Crippen LogP contribution in [0, 0.1) is 13.8 Å². The summed E-state index contributed by atoms with van der Waals surface area (Å²) in [6.07, 6.45) is 1.79. The second-order valence-corrected chi connectivity index (χ2v) is 6.47. The lowest BCUT2D eigenvalue weighted by molar-refractivity contribution is 1.17. The fourth-order valence-corrected chi connectivity index (χ4v) is 3.14. The molecule has 5 heteroatoms. The number of nitrogens with one attached hydrogen (secondary N) is 1. The molecule has 1 aromatic carbocycles. The van der Waals surface area contributed by atoms with E-state index in [0.29, 0.717) is 5.95 Å². The molecule has 3 aromatic rings. The Hall–Kier alpha value is -2.14. The molecule has 2 heterocycles. The van der Waals surface area contributed by atoms with Crippen molar-refractivity contribution in [3.8, 4) is 10.6 Å². The third-order valence-corrected chi connectivity index (χ3v) is 4.15. The summed E-state index contributed by atoms with van der Waals surface area (Å²) in [5, 5.41) is 3.28. The molecule has 0 radical (unpaired) electrons. The Kier molecular flexibility index (Phi) is 3.75. The highest BCUT2D eigenvalue weighted by Crippen LogP contribution is 2.23. The first kappa shape index (κ1) is 13.8. The molecule has 0 unspecified atom stereocenters. The maximum absolute atomic E-state index is 4.60. The van der Waals surface area contributed by atoms with Crippen LogP contribution >= 0.6 is 11.3 Å². The average molecular weight is 293 g/mol. The van der Waals surface area contributed by atoms with Gasteiger partial charge in [0.25, 0.3) is 0 Å². The van der Waals surface area contributed by atoms with Crippen molar-refractivity contribution >= 4 is 35.6 Å². The van der Waals surface area contributed by atoms with Gasteiger partial charge in [0.2, 0.25) is 5.95 Å². The lowest BCUT2D eigenvalue weighted by atomic mass is 10.1. The van der Waals surface area contributed by atoms with Crippen molar-refractivity contribution in [1.82, 2.24) is 9.97 Å². The molecule has 21 heavy (non-hydrogen) atoms. The zero-order valence-corrected chi connectivity index (χ0v) is 13.2. The molecule has 0 amide bonds. The minimum Gasteiger partial charge on any atom is -0.324 e. The second-order valence-electron chi connectivity index (χ2n) is 5.18. The molecule has 0 spiro atoms. The van der Waals surface area contributed by atoms with E-state index in [4.69, 9.17) is 0 Å². The van der Waals surface area contributed by atoms with Gasteiger partial charge >= 0.3 is 0 Å². The van der Waals surface area contributed by atoms with Crippen molar-refractivity contribution in [2.45, 2.75) is 13.8 Å². The highest BCUT2D eigenvalue weighted by Gasteiger charge is 2.05. The fourth-order valence-electron chi connectivity index (χ4n) is 2.30. The van der Waals surface area contributed by atoms with Crippen molar-refractivity contribution in [2.24, 2.45) is 0 Å². The van der Waals surface area contributed by atoms with Crippen LogP contribution < -0.4 is 10.1 Å². The van der Waals surface area contributed by atoms with Gasteiger partial charge in [-0.05, 0) is 54.0 Å². The Balaban J connectivity index is 1.89. The Morgan fingerprint density at radius 3 is 2.48 bits per heavy atom. The summed E-state index contributed by atoms with van der Waals surface area (Å²) in [5.74, 6) is 0.628. The molecule has 0 aliphatic carbocycles. The van der Waals surface area contributed by atoms with Gasteiger partial charge in [-0.3, -0.25) is 0 Å². The van der Waals surface area contributed by atoms with Crippen molar-refractivity contribution in [3.05, 3.63) is 53.7 Å². The van der Waals surface area contributed by atoms with E-state index >= 15 is 0 Å². The summed E-state index contributed by atoms with van der Waals surface area (Å²) in [4.78, 5) is 10.1. The Morgan fingerprint density at radius 1 is 1.05 bits per heavy atom. The molecular weight excluding hydrogens is 277 g/mol. The van der Waals surface area contributed by atoms with Gasteiger partial charge in [0.1, 0.15) is 0 Å². The van der Waals surface area contributed by atoms with Crippen LogP contribution in [0.15, 0.2) is 42.6 Å². The zero-order valence-electron chi connectivity index (χ0n) is 12.3. The lowest BCUT2D eigenvalue weighted by Crippen LogP contribution is -1.98. The average Bonchev–Trinajstić information content (AvgIpc) is 2.84. The predicted molar refractivity (Wildman–Crippen MR) is 92.7 cm³/mol. The van der Waals surface area contributed by atoms with E-state index in [0.717, 1.165) is 11.4 Å². The van der Waals surface area contributed by atoms with Crippen LogP contribution in [0.4, 0.5) is 11.6 Å². The van der Waals surface area contributed by atoms with Crippen LogP contribution in [-0.2, 0) is 0 Å². The summed E-state index contributed by atoms with van der Waals surface area (Å²) >= 11 is 1.74. The quantitative estimate of drug-likeness (QED) is 0.755. The van der Waals surface area contributed by atoms with Gasteiger partial charge < -0.3 is 5.32 Å². The number of rotatable bonds is 3. The Bertz CT molecular complexity index is 762. The number of hydrogen-bond acceptors (Lipinski definition) is 4. The minimum atomic E-state index is 0.628. The van der Waals surface area contributed by atoms with Crippen molar-refractivity contribution in [3.63, 3.8) is 0 Å². The van der Waals surface area contributed by atoms with E-state index in [1.165, 1.54) is 20.8 Å². The first-order valence-electron chi connectivity index (χ1n) is 6.85. The molecule has 0 atom stereocenters. The molecule has 0 aliphatic rings. The SMILES string of the molecule is Bc1ccc(-c2ccnc(Nc3cc(C)cc(C)c3)n2)s1. The van der Waals surface area contributed by atoms with Crippen LogP contribution in [0.25, 0.3) is 10.6 Å². The van der Waals surface area contributed by atoms with Gasteiger partial charge in [-0.2, -0.15) is 0 Å². The van der Waals surface area contributed by atoms with E-state index in [9.17, 15) is 0 Å². The van der Waals surface area contributed by atoms with Crippen LogP contribution in [0.5, 0.6) is 0 Å². The molecule has 0 fully saturated rings. The van der Waals surface area contributed by atoms with Crippen LogP contribution in [-0.4, -0.2) is 17.8 Å².